The predicted octanol–water partition coefficient (Wildman–Crippen LogP) is 3.98. The van der Waals surface area contributed by atoms with Crippen molar-refractivity contribution < 1.29 is 13.9 Å². The first-order valence-electron chi connectivity index (χ1n) is 7.98. The van der Waals surface area contributed by atoms with Crippen molar-refractivity contribution >= 4 is 35.0 Å². The van der Waals surface area contributed by atoms with Gasteiger partial charge in [-0.1, -0.05) is 19.6 Å². The zero-order chi connectivity index (χ0) is 17.9. The van der Waals surface area contributed by atoms with E-state index in [0.717, 1.165) is 6.04 Å². The van der Waals surface area contributed by atoms with Crippen LogP contribution in [0, 0.1) is 5.82 Å². The SMILES string of the molecule is C[C@@H](N)COc1nc2c(cc1Br)c(F)cn2COCC[Si](C)(C)C. The number of nitrogens with two attached hydrogens (primary N) is 1. The molecule has 0 unspecified atom stereocenters. The van der Waals surface area contributed by atoms with Crippen LogP contribution in [-0.2, 0) is 11.5 Å². The van der Waals surface area contributed by atoms with Gasteiger partial charge in [0.15, 0.2) is 0 Å². The van der Waals surface area contributed by atoms with E-state index in [4.69, 9.17) is 15.2 Å². The van der Waals surface area contributed by atoms with E-state index in [1.54, 1.807) is 10.6 Å². The zero-order valence-electron chi connectivity index (χ0n) is 14.6. The van der Waals surface area contributed by atoms with Crippen LogP contribution in [0.2, 0.25) is 25.7 Å². The Morgan fingerprint density at radius 1 is 1.42 bits per heavy atom. The molecule has 0 radical (unpaired) electrons. The fourth-order valence-electron chi connectivity index (χ4n) is 2.08. The summed E-state index contributed by atoms with van der Waals surface area (Å²) in [6, 6.07) is 2.63. The number of fused-ring (bicyclic) bond motifs is 1. The lowest BCUT2D eigenvalue weighted by Crippen LogP contribution is -2.24. The van der Waals surface area contributed by atoms with Crippen LogP contribution in [0.1, 0.15) is 6.92 Å². The molecular formula is C16H25BrFN3O2Si. The lowest BCUT2D eigenvalue weighted by molar-refractivity contribution is 0.0894. The lowest BCUT2D eigenvalue weighted by Gasteiger charge is -2.15. The van der Waals surface area contributed by atoms with Crippen LogP contribution in [0.3, 0.4) is 0 Å². The van der Waals surface area contributed by atoms with Crippen molar-refractivity contribution in [3.8, 4) is 5.88 Å². The van der Waals surface area contributed by atoms with Gasteiger partial charge in [-0.15, -0.1) is 0 Å². The van der Waals surface area contributed by atoms with Crippen molar-refractivity contribution in [2.75, 3.05) is 13.2 Å². The molecule has 24 heavy (non-hydrogen) atoms. The van der Waals surface area contributed by atoms with Gasteiger partial charge in [-0.3, -0.25) is 0 Å². The molecular weight excluding hydrogens is 393 g/mol. The molecule has 0 spiro atoms. The third-order valence-corrected chi connectivity index (χ3v) is 5.70. The Morgan fingerprint density at radius 3 is 2.75 bits per heavy atom. The number of pyridine rings is 1. The molecule has 134 valence electrons. The third-order valence-electron chi connectivity index (χ3n) is 3.43. The largest absolute Gasteiger partial charge is 0.475 e. The number of nitrogens with zero attached hydrogens (tertiary/aromatic N) is 2. The summed E-state index contributed by atoms with van der Waals surface area (Å²) in [6.07, 6.45) is 1.41. The highest BCUT2D eigenvalue weighted by molar-refractivity contribution is 9.10. The maximum atomic E-state index is 14.1. The maximum Gasteiger partial charge on any atom is 0.230 e. The molecule has 2 aromatic rings. The summed E-state index contributed by atoms with van der Waals surface area (Å²) < 4.78 is 27.7. The summed E-state index contributed by atoms with van der Waals surface area (Å²) in [6.45, 7) is 10.0. The molecule has 2 heterocycles. The van der Waals surface area contributed by atoms with Crippen molar-refractivity contribution in [1.82, 2.24) is 9.55 Å². The first kappa shape index (κ1) is 19.4. The van der Waals surface area contributed by atoms with Gasteiger partial charge < -0.3 is 19.8 Å². The van der Waals surface area contributed by atoms with E-state index in [-0.39, 0.29) is 18.6 Å². The Balaban J connectivity index is 2.16. The molecule has 0 bridgehead atoms. The second-order valence-corrected chi connectivity index (χ2v) is 13.7. The zero-order valence-corrected chi connectivity index (χ0v) is 17.2. The Bertz CT molecular complexity index is 701. The Kier molecular flexibility index (Phi) is 6.41. The van der Waals surface area contributed by atoms with E-state index >= 15 is 0 Å². The summed E-state index contributed by atoms with van der Waals surface area (Å²) in [7, 11) is -1.14. The highest BCUT2D eigenvalue weighted by atomic mass is 79.9. The van der Waals surface area contributed by atoms with Gasteiger partial charge in [0.2, 0.25) is 5.88 Å². The number of ether oxygens (including phenoxy) is 2. The first-order valence-corrected chi connectivity index (χ1v) is 12.5. The van der Waals surface area contributed by atoms with Gasteiger partial charge in [-0.05, 0) is 35.0 Å². The average Bonchev–Trinajstić information content (AvgIpc) is 2.76. The van der Waals surface area contributed by atoms with Crippen molar-refractivity contribution in [2.45, 2.75) is 45.4 Å². The van der Waals surface area contributed by atoms with Crippen molar-refractivity contribution in [1.29, 1.82) is 0 Å². The molecule has 0 aromatic carbocycles. The van der Waals surface area contributed by atoms with E-state index < -0.39 is 8.07 Å². The predicted molar refractivity (Wildman–Crippen MR) is 101 cm³/mol. The number of hydrogen-bond donors (Lipinski definition) is 1. The van der Waals surface area contributed by atoms with E-state index in [1.165, 1.54) is 6.20 Å². The molecule has 0 amide bonds. The van der Waals surface area contributed by atoms with Crippen LogP contribution in [0.15, 0.2) is 16.7 Å². The molecule has 0 saturated heterocycles. The summed E-state index contributed by atoms with van der Waals surface area (Å²) in [4.78, 5) is 4.42. The quantitative estimate of drug-likeness (QED) is 0.521. The molecule has 5 nitrogen and oxygen atoms in total. The van der Waals surface area contributed by atoms with Gasteiger partial charge >= 0.3 is 0 Å². The molecule has 2 rings (SSSR count). The molecule has 0 saturated carbocycles. The molecule has 2 N–H and O–H groups in total. The Labute approximate surface area is 151 Å². The van der Waals surface area contributed by atoms with Crippen molar-refractivity contribution in [3.05, 3.63) is 22.6 Å². The fraction of sp³-hybridized carbons (Fsp3) is 0.562. The topological polar surface area (TPSA) is 62.3 Å². The van der Waals surface area contributed by atoms with Crippen LogP contribution >= 0.6 is 15.9 Å². The van der Waals surface area contributed by atoms with Gasteiger partial charge in [0.05, 0.1) is 9.86 Å². The van der Waals surface area contributed by atoms with Crippen LogP contribution in [0.25, 0.3) is 11.0 Å². The van der Waals surface area contributed by atoms with Gasteiger partial charge in [-0.25, -0.2) is 4.39 Å². The maximum absolute atomic E-state index is 14.1. The summed E-state index contributed by atoms with van der Waals surface area (Å²) in [5.41, 5.74) is 6.21. The lowest BCUT2D eigenvalue weighted by atomic mass is 10.3. The Morgan fingerprint density at radius 2 is 2.12 bits per heavy atom. The third kappa shape index (κ3) is 5.27. The molecule has 2 aromatic heterocycles. The second-order valence-electron chi connectivity index (χ2n) is 7.23. The van der Waals surface area contributed by atoms with Crippen LogP contribution in [0.4, 0.5) is 4.39 Å². The minimum absolute atomic E-state index is 0.109. The van der Waals surface area contributed by atoms with Gasteiger partial charge in [-0.2, -0.15) is 4.98 Å². The molecule has 1 atom stereocenters. The molecule has 0 aliphatic rings. The van der Waals surface area contributed by atoms with Crippen LogP contribution < -0.4 is 10.5 Å². The van der Waals surface area contributed by atoms with Crippen LogP contribution in [0.5, 0.6) is 5.88 Å². The highest BCUT2D eigenvalue weighted by Gasteiger charge is 2.16. The average molecular weight is 418 g/mol. The molecule has 0 aliphatic heterocycles. The normalized spacial score (nSPS) is 13.5. The smallest absolute Gasteiger partial charge is 0.230 e. The van der Waals surface area contributed by atoms with E-state index in [0.29, 0.717) is 34.6 Å². The number of aromatic nitrogens is 2. The standard InChI is InChI=1S/C16H25BrFN3O2Si/c1-11(19)9-23-16-13(17)7-12-14(18)8-21(15(12)20-16)10-22-5-6-24(2,3)4/h7-8,11H,5-6,9-10,19H2,1-4H3/t11-/m1/s1. The second kappa shape index (κ2) is 7.94. The monoisotopic (exact) mass is 417 g/mol. The summed E-state index contributed by atoms with van der Waals surface area (Å²) >= 11 is 3.37. The fourth-order valence-corrected chi connectivity index (χ4v) is 3.27. The summed E-state index contributed by atoms with van der Waals surface area (Å²) in [5, 5.41) is 0.434. The van der Waals surface area contributed by atoms with Gasteiger partial charge in [0.25, 0.3) is 0 Å². The molecule has 0 aliphatic carbocycles. The van der Waals surface area contributed by atoms with E-state index in [2.05, 4.69) is 40.6 Å². The highest BCUT2D eigenvalue weighted by Crippen LogP contribution is 2.29. The van der Waals surface area contributed by atoms with Crippen LogP contribution in [-0.4, -0.2) is 36.9 Å². The molecule has 8 heteroatoms. The summed E-state index contributed by atoms with van der Waals surface area (Å²) in [5.74, 6) is 0.0759. The minimum Gasteiger partial charge on any atom is -0.475 e. The minimum atomic E-state index is -1.14. The van der Waals surface area contributed by atoms with Gasteiger partial charge in [0, 0.05) is 26.9 Å². The van der Waals surface area contributed by atoms with Gasteiger partial charge in [0.1, 0.15) is 24.8 Å². The first-order chi connectivity index (χ1) is 11.2. The Hall–Kier alpha value is -0.963. The molecule has 0 fully saturated rings. The number of rotatable bonds is 8. The van der Waals surface area contributed by atoms with E-state index in [1.807, 2.05) is 6.92 Å². The van der Waals surface area contributed by atoms with Crippen molar-refractivity contribution in [3.63, 3.8) is 0 Å². The van der Waals surface area contributed by atoms with E-state index in [9.17, 15) is 4.39 Å². The van der Waals surface area contributed by atoms with Crippen molar-refractivity contribution in [2.24, 2.45) is 5.73 Å². The number of hydrogen-bond acceptors (Lipinski definition) is 4. The number of halogens is 2.